The first kappa shape index (κ1) is 19.9. The second-order valence-corrected chi connectivity index (χ2v) is 7.17. The summed E-state index contributed by atoms with van der Waals surface area (Å²) in [6.45, 7) is 2.07. The van der Waals surface area contributed by atoms with Gasteiger partial charge in [-0.3, -0.25) is 9.59 Å². The maximum Gasteiger partial charge on any atom is 0.251 e. The number of fused-ring (bicyclic) bond motifs is 1. The van der Waals surface area contributed by atoms with Crippen molar-refractivity contribution in [1.29, 1.82) is 0 Å². The fraction of sp³-hybridized carbons (Fsp3) is 0.579. The van der Waals surface area contributed by atoms with Gasteiger partial charge in [-0.1, -0.05) is 0 Å². The van der Waals surface area contributed by atoms with Crippen LogP contribution in [-0.4, -0.2) is 91.0 Å². The van der Waals surface area contributed by atoms with E-state index in [2.05, 4.69) is 5.32 Å². The largest absolute Gasteiger partial charge is 0.454 e. The van der Waals surface area contributed by atoms with Crippen LogP contribution in [0.1, 0.15) is 16.8 Å². The molecular weight excluding hydrogens is 384 g/mol. The lowest BCUT2D eigenvalue weighted by atomic mass is 10.0. The van der Waals surface area contributed by atoms with E-state index >= 15 is 0 Å². The van der Waals surface area contributed by atoms with E-state index < -0.39 is 24.4 Å². The van der Waals surface area contributed by atoms with Crippen LogP contribution in [0.5, 0.6) is 11.5 Å². The first-order chi connectivity index (χ1) is 14.0. The first-order valence-corrected chi connectivity index (χ1v) is 9.58. The lowest BCUT2D eigenvalue weighted by molar-refractivity contribution is -0.139. The molecule has 0 aliphatic carbocycles. The number of morpholine rings is 1. The van der Waals surface area contributed by atoms with E-state index in [0.717, 1.165) is 0 Å². The van der Waals surface area contributed by atoms with E-state index in [0.29, 0.717) is 43.4 Å². The highest BCUT2D eigenvalue weighted by Gasteiger charge is 2.43. The van der Waals surface area contributed by atoms with Crippen LogP contribution < -0.4 is 14.8 Å². The summed E-state index contributed by atoms with van der Waals surface area (Å²) in [6, 6.07) is 4.82. The highest BCUT2D eigenvalue weighted by atomic mass is 16.7. The number of benzene rings is 1. The molecule has 3 N–H and O–H groups in total. The summed E-state index contributed by atoms with van der Waals surface area (Å²) < 4.78 is 21.4. The molecule has 4 atom stereocenters. The van der Waals surface area contributed by atoms with Crippen LogP contribution in [0.15, 0.2) is 18.2 Å². The maximum atomic E-state index is 12.4. The van der Waals surface area contributed by atoms with Gasteiger partial charge in [0.15, 0.2) is 11.5 Å². The predicted molar refractivity (Wildman–Crippen MR) is 97.6 cm³/mol. The topological polar surface area (TPSA) is 127 Å². The van der Waals surface area contributed by atoms with E-state index in [4.69, 9.17) is 18.9 Å². The van der Waals surface area contributed by atoms with Gasteiger partial charge in [-0.15, -0.1) is 0 Å². The van der Waals surface area contributed by atoms with Crippen molar-refractivity contribution in [2.45, 2.75) is 30.8 Å². The third-order valence-electron chi connectivity index (χ3n) is 5.30. The third-order valence-corrected chi connectivity index (χ3v) is 5.30. The van der Waals surface area contributed by atoms with Gasteiger partial charge in [0.25, 0.3) is 5.91 Å². The first-order valence-electron chi connectivity index (χ1n) is 9.58. The Morgan fingerprint density at radius 1 is 1.07 bits per heavy atom. The van der Waals surface area contributed by atoms with Gasteiger partial charge < -0.3 is 39.4 Å². The van der Waals surface area contributed by atoms with E-state index in [1.807, 2.05) is 0 Å². The zero-order chi connectivity index (χ0) is 20.4. The molecule has 0 bridgehead atoms. The number of carbonyl (C=O) groups excluding carboxylic acids is 2. The normalized spacial score (nSPS) is 28.4. The SMILES string of the molecule is O=C(NC[C@@H]1O[C@@H](CC(=O)N2CCOCC2)[C@H](O)[C@@H]1O)c1ccc2c(c1)OCO2. The summed E-state index contributed by atoms with van der Waals surface area (Å²) in [5.41, 5.74) is 0.376. The van der Waals surface area contributed by atoms with Crippen molar-refractivity contribution in [2.24, 2.45) is 0 Å². The molecular formula is C19H24N2O8. The molecule has 1 aromatic rings. The second-order valence-electron chi connectivity index (χ2n) is 7.17. The number of nitrogens with one attached hydrogen (secondary N) is 1. The molecule has 3 heterocycles. The molecule has 3 aliphatic heterocycles. The molecule has 10 nitrogen and oxygen atoms in total. The smallest absolute Gasteiger partial charge is 0.251 e. The van der Waals surface area contributed by atoms with Crippen LogP contribution in [0.25, 0.3) is 0 Å². The zero-order valence-electron chi connectivity index (χ0n) is 15.8. The molecule has 3 aliphatic rings. The number of hydrogen-bond donors (Lipinski definition) is 3. The molecule has 2 fully saturated rings. The Labute approximate surface area is 167 Å². The molecule has 0 aromatic heterocycles. The van der Waals surface area contributed by atoms with Crippen molar-refractivity contribution < 1.29 is 38.7 Å². The predicted octanol–water partition coefficient (Wildman–Crippen LogP) is -1.12. The van der Waals surface area contributed by atoms with Gasteiger partial charge in [-0.2, -0.15) is 0 Å². The van der Waals surface area contributed by atoms with Crippen molar-refractivity contribution in [1.82, 2.24) is 10.2 Å². The van der Waals surface area contributed by atoms with Crippen LogP contribution in [0.2, 0.25) is 0 Å². The molecule has 4 rings (SSSR count). The standard InChI is InChI=1S/C19H24N2O8/c22-16(21-3-5-26-6-4-21)8-14-17(23)18(24)15(29-14)9-20-19(25)11-1-2-12-13(7-11)28-10-27-12/h1-2,7,14-15,17-18,23-24H,3-6,8-10H2,(H,20,25)/t14-,15-,17-,18+/m0/s1. The van der Waals surface area contributed by atoms with Gasteiger partial charge in [0.2, 0.25) is 12.7 Å². The summed E-state index contributed by atoms with van der Waals surface area (Å²) >= 11 is 0. The van der Waals surface area contributed by atoms with Crippen molar-refractivity contribution in [3.05, 3.63) is 23.8 Å². The van der Waals surface area contributed by atoms with Gasteiger partial charge in [0, 0.05) is 25.2 Å². The summed E-state index contributed by atoms with van der Waals surface area (Å²) in [5, 5.41) is 23.2. The van der Waals surface area contributed by atoms with E-state index in [1.54, 1.807) is 23.1 Å². The number of aliphatic hydroxyl groups excluding tert-OH is 2. The van der Waals surface area contributed by atoms with Crippen LogP contribution >= 0.6 is 0 Å². The van der Waals surface area contributed by atoms with Gasteiger partial charge in [-0.05, 0) is 18.2 Å². The van der Waals surface area contributed by atoms with Crippen LogP contribution in [0.4, 0.5) is 0 Å². The molecule has 0 unspecified atom stereocenters. The van der Waals surface area contributed by atoms with E-state index in [-0.39, 0.29) is 31.6 Å². The molecule has 0 saturated carbocycles. The van der Waals surface area contributed by atoms with E-state index in [9.17, 15) is 19.8 Å². The Morgan fingerprint density at radius 2 is 1.79 bits per heavy atom. The fourth-order valence-corrected chi connectivity index (χ4v) is 3.61. The van der Waals surface area contributed by atoms with E-state index in [1.165, 1.54) is 0 Å². The summed E-state index contributed by atoms with van der Waals surface area (Å²) in [7, 11) is 0. The van der Waals surface area contributed by atoms with Crippen LogP contribution in [0, 0.1) is 0 Å². The Balaban J connectivity index is 1.30. The number of nitrogens with zero attached hydrogens (tertiary/aromatic N) is 1. The number of ether oxygens (including phenoxy) is 4. The number of amides is 2. The molecule has 0 spiro atoms. The van der Waals surface area contributed by atoms with Gasteiger partial charge in [0.05, 0.1) is 25.7 Å². The van der Waals surface area contributed by atoms with Crippen LogP contribution in [-0.2, 0) is 14.3 Å². The Kier molecular flexibility index (Phi) is 5.86. The minimum Gasteiger partial charge on any atom is -0.454 e. The third kappa shape index (κ3) is 4.30. The molecule has 29 heavy (non-hydrogen) atoms. The zero-order valence-corrected chi connectivity index (χ0v) is 15.8. The highest BCUT2D eigenvalue weighted by molar-refractivity contribution is 5.95. The average Bonchev–Trinajstić information content (AvgIpc) is 3.32. The van der Waals surface area contributed by atoms with Gasteiger partial charge in [-0.25, -0.2) is 0 Å². The minimum atomic E-state index is -1.20. The number of rotatable bonds is 5. The van der Waals surface area contributed by atoms with Gasteiger partial charge >= 0.3 is 0 Å². The van der Waals surface area contributed by atoms with Crippen LogP contribution in [0.3, 0.4) is 0 Å². The van der Waals surface area contributed by atoms with Crippen molar-refractivity contribution in [2.75, 3.05) is 39.6 Å². The van der Waals surface area contributed by atoms with Gasteiger partial charge in [0.1, 0.15) is 18.3 Å². The molecule has 2 saturated heterocycles. The Hall–Kier alpha value is -2.40. The summed E-state index contributed by atoms with van der Waals surface area (Å²) in [6.07, 6.45) is -4.08. The highest BCUT2D eigenvalue weighted by Crippen LogP contribution is 2.32. The molecule has 1 aromatic carbocycles. The molecule has 158 valence electrons. The Morgan fingerprint density at radius 3 is 2.59 bits per heavy atom. The Bertz CT molecular complexity index is 767. The summed E-state index contributed by atoms with van der Waals surface area (Å²) in [4.78, 5) is 26.4. The summed E-state index contributed by atoms with van der Waals surface area (Å²) in [5.74, 6) is 0.537. The molecule has 2 amide bonds. The quantitative estimate of drug-likeness (QED) is 0.560. The number of carbonyl (C=O) groups is 2. The van der Waals surface area contributed by atoms with Crippen molar-refractivity contribution in [3.63, 3.8) is 0 Å². The lowest BCUT2D eigenvalue weighted by Gasteiger charge is -2.28. The second kappa shape index (κ2) is 8.54. The molecule has 0 radical (unpaired) electrons. The lowest BCUT2D eigenvalue weighted by Crippen LogP contribution is -2.43. The minimum absolute atomic E-state index is 0.00620. The molecule has 10 heteroatoms. The van der Waals surface area contributed by atoms with Crippen molar-refractivity contribution >= 4 is 11.8 Å². The maximum absolute atomic E-state index is 12.4. The van der Waals surface area contributed by atoms with Crippen molar-refractivity contribution in [3.8, 4) is 11.5 Å². The number of aliphatic hydroxyl groups is 2. The monoisotopic (exact) mass is 408 g/mol. The fourth-order valence-electron chi connectivity index (χ4n) is 3.61. The number of hydrogen-bond acceptors (Lipinski definition) is 8. The average molecular weight is 408 g/mol.